The molecule has 9 heteroatoms. The molecule has 0 fully saturated rings. The molecule has 0 aliphatic heterocycles. The molecule has 3 aromatic heterocycles. The maximum absolute atomic E-state index is 12.5. The Morgan fingerprint density at radius 3 is 2.88 bits per heavy atom. The number of hydrogen-bond donors (Lipinski definition) is 3. The predicted molar refractivity (Wildman–Crippen MR) is 94.7 cm³/mol. The second-order valence-corrected chi connectivity index (χ2v) is 5.82. The topological polar surface area (TPSA) is 128 Å². The molecule has 4 N–H and O–H groups in total. The van der Waals surface area contributed by atoms with Crippen LogP contribution in [0.2, 0.25) is 0 Å². The molecule has 1 atom stereocenters. The summed E-state index contributed by atoms with van der Waals surface area (Å²) in [6, 6.07) is 5.18. The van der Waals surface area contributed by atoms with E-state index in [1.807, 2.05) is 13.8 Å². The van der Waals surface area contributed by atoms with Gasteiger partial charge in [-0.2, -0.15) is 0 Å². The summed E-state index contributed by atoms with van der Waals surface area (Å²) in [5.41, 5.74) is 6.26. The van der Waals surface area contributed by atoms with E-state index in [9.17, 15) is 9.59 Å². The number of amides is 2. The second-order valence-electron chi connectivity index (χ2n) is 5.82. The van der Waals surface area contributed by atoms with Gasteiger partial charge < -0.3 is 20.8 Å². The number of likely N-dealkylation sites (N-methyl/N-ethyl adjacent to an activating group) is 1. The summed E-state index contributed by atoms with van der Waals surface area (Å²) in [5.74, 6) is -0.564. The van der Waals surface area contributed by atoms with Crippen LogP contribution in [0.15, 0.2) is 35.2 Å². The van der Waals surface area contributed by atoms with Crippen LogP contribution in [0.1, 0.15) is 34.8 Å². The van der Waals surface area contributed by atoms with Gasteiger partial charge >= 0.3 is 0 Å². The van der Waals surface area contributed by atoms with Crippen molar-refractivity contribution in [2.75, 3.05) is 13.1 Å². The Morgan fingerprint density at radius 2 is 2.23 bits per heavy atom. The fourth-order valence-electron chi connectivity index (χ4n) is 2.63. The number of furan rings is 1. The summed E-state index contributed by atoms with van der Waals surface area (Å²) in [6.07, 6.45) is 2.95. The number of nitrogens with two attached hydrogens (primary N) is 1. The quantitative estimate of drug-likeness (QED) is 0.575. The minimum absolute atomic E-state index is 0.00604. The molecule has 0 aliphatic rings. The Kier molecular flexibility index (Phi) is 4.99. The highest BCUT2D eigenvalue weighted by atomic mass is 16.3. The number of fused-ring (bicyclic) bond motifs is 1. The van der Waals surface area contributed by atoms with E-state index in [0.29, 0.717) is 18.0 Å². The summed E-state index contributed by atoms with van der Waals surface area (Å²) in [7, 11) is 0. The molecule has 26 heavy (non-hydrogen) atoms. The molecule has 0 radical (unpaired) electrons. The van der Waals surface area contributed by atoms with Crippen LogP contribution in [0, 0.1) is 0 Å². The lowest BCUT2D eigenvalue weighted by Gasteiger charge is -2.13. The van der Waals surface area contributed by atoms with E-state index in [2.05, 4.69) is 20.6 Å². The average Bonchev–Trinajstić information content (AvgIpc) is 3.28. The largest absolute Gasteiger partial charge is 0.463 e. The number of aromatic nitrogens is 3. The Labute approximate surface area is 149 Å². The molecular weight excluding hydrogens is 336 g/mol. The zero-order valence-corrected chi connectivity index (χ0v) is 14.5. The average molecular weight is 356 g/mol. The van der Waals surface area contributed by atoms with Crippen LogP contribution in [0.25, 0.3) is 17.1 Å². The van der Waals surface area contributed by atoms with E-state index in [0.717, 1.165) is 6.54 Å². The van der Waals surface area contributed by atoms with Gasteiger partial charge in [-0.3, -0.25) is 14.0 Å². The van der Waals surface area contributed by atoms with Gasteiger partial charge in [0.25, 0.3) is 11.8 Å². The molecule has 2 amide bonds. The summed E-state index contributed by atoms with van der Waals surface area (Å²) in [5, 5.41) is 6.03. The second kappa shape index (κ2) is 7.36. The highest BCUT2D eigenvalue weighted by molar-refractivity contribution is 5.99. The first-order valence-electron chi connectivity index (χ1n) is 8.24. The molecule has 3 rings (SSSR count). The van der Waals surface area contributed by atoms with Gasteiger partial charge in [-0.1, -0.05) is 6.92 Å². The van der Waals surface area contributed by atoms with Crippen LogP contribution in [-0.2, 0) is 0 Å². The van der Waals surface area contributed by atoms with Gasteiger partial charge in [-0.15, -0.1) is 0 Å². The SMILES string of the molecule is CCN[C@H](C)CNC(=O)c1cc(-c2ccco2)n2cnc(C(N)=O)c2n1. The van der Waals surface area contributed by atoms with Crippen molar-refractivity contribution in [2.45, 2.75) is 19.9 Å². The number of carbonyl (C=O) groups excluding carboxylic acids is 2. The van der Waals surface area contributed by atoms with Crippen LogP contribution in [-0.4, -0.2) is 45.3 Å². The van der Waals surface area contributed by atoms with Crippen molar-refractivity contribution in [1.29, 1.82) is 0 Å². The normalized spacial score (nSPS) is 12.2. The van der Waals surface area contributed by atoms with Crippen molar-refractivity contribution in [3.05, 3.63) is 42.2 Å². The molecule has 0 saturated heterocycles. The minimum Gasteiger partial charge on any atom is -0.463 e. The number of primary amides is 1. The molecule has 0 unspecified atom stereocenters. The molecule has 9 nitrogen and oxygen atoms in total. The summed E-state index contributed by atoms with van der Waals surface area (Å²) in [6.45, 7) is 5.21. The number of nitrogens with zero attached hydrogens (tertiary/aromatic N) is 3. The molecule has 0 aromatic carbocycles. The molecule has 136 valence electrons. The maximum atomic E-state index is 12.5. The van der Waals surface area contributed by atoms with Gasteiger partial charge in [0, 0.05) is 12.6 Å². The summed E-state index contributed by atoms with van der Waals surface area (Å²) in [4.78, 5) is 32.4. The van der Waals surface area contributed by atoms with E-state index >= 15 is 0 Å². The van der Waals surface area contributed by atoms with Crippen molar-refractivity contribution in [3.8, 4) is 11.5 Å². The van der Waals surface area contributed by atoms with Crippen LogP contribution >= 0.6 is 0 Å². The zero-order valence-electron chi connectivity index (χ0n) is 14.5. The molecule has 0 saturated carbocycles. The number of imidazole rings is 1. The zero-order chi connectivity index (χ0) is 18.7. The third-order valence-corrected chi connectivity index (χ3v) is 3.86. The Hall–Kier alpha value is -3.20. The lowest BCUT2D eigenvalue weighted by molar-refractivity contribution is 0.0943. The number of hydrogen-bond acceptors (Lipinski definition) is 6. The van der Waals surface area contributed by atoms with Gasteiger partial charge in [0.1, 0.15) is 12.0 Å². The molecule has 3 aromatic rings. The van der Waals surface area contributed by atoms with Crippen molar-refractivity contribution < 1.29 is 14.0 Å². The predicted octanol–water partition coefficient (Wildman–Crippen LogP) is 0.816. The van der Waals surface area contributed by atoms with Gasteiger partial charge in [-0.05, 0) is 31.7 Å². The Balaban J connectivity index is 2.01. The van der Waals surface area contributed by atoms with E-state index in [4.69, 9.17) is 10.2 Å². The van der Waals surface area contributed by atoms with Crippen molar-refractivity contribution in [1.82, 2.24) is 25.0 Å². The molecular formula is C17H20N6O3. The monoisotopic (exact) mass is 356 g/mol. The fourth-order valence-corrected chi connectivity index (χ4v) is 2.63. The summed E-state index contributed by atoms with van der Waals surface area (Å²) >= 11 is 0. The lowest BCUT2D eigenvalue weighted by atomic mass is 10.2. The number of nitrogens with one attached hydrogen (secondary N) is 2. The first kappa shape index (κ1) is 17.6. The van der Waals surface area contributed by atoms with Crippen molar-refractivity contribution in [2.24, 2.45) is 5.73 Å². The summed E-state index contributed by atoms with van der Waals surface area (Å²) < 4.78 is 6.99. The van der Waals surface area contributed by atoms with Crippen LogP contribution in [0.5, 0.6) is 0 Å². The van der Waals surface area contributed by atoms with Crippen LogP contribution in [0.3, 0.4) is 0 Å². The minimum atomic E-state index is -0.719. The molecule has 3 heterocycles. The first-order valence-corrected chi connectivity index (χ1v) is 8.24. The first-order chi connectivity index (χ1) is 12.5. The van der Waals surface area contributed by atoms with E-state index in [-0.39, 0.29) is 29.0 Å². The maximum Gasteiger partial charge on any atom is 0.271 e. The van der Waals surface area contributed by atoms with E-state index in [1.54, 1.807) is 22.6 Å². The number of rotatable bonds is 7. The Morgan fingerprint density at radius 1 is 1.42 bits per heavy atom. The molecule has 0 aliphatic carbocycles. The van der Waals surface area contributed by atoms with Gasteiger partial charge in [0.05, 0.1) is 12.0 Å². The van der Waals surface area contributed by atoms with Gasteiger partial charge in [0.2, 0.25) is 0 Å². The smallest absolute Gasteiger partial charge is 0.271 e. The number of carbonyl (C=O) groups is 2. The van der Waals surface area contributed by atoms with Crippen LogP contribution in [0.4, 0.5) is 0 Å². The van der Waals surface area contributed by atoms with Crippen molar-refractivity contribution >= 4 is 17.5 Å². The molecule has 0 spiro atoms. The highest BCUT2D eigenvalue weighted by Crippen LogP contribution is 2.23. The molecule has 0 bridgehead atoms. The third-order valence-electron chi connectivity index (χ3n) is 3.86. The highest BCUT2D eigenvalue weighted by Gasteiger charge is 2.20. The van der Waals surface area contributed by atoms with Gasteiger partial charge in [-0.25, -0.2) is 9.97 Å². The third kappa shape index (κ3) is 3.42. The fraction of sp³-hybridized carbons (Fsp3) is 0.294. The van der Waals surface area contributed by atoms with E-state index < -0.39 is 5.91 Å². The standard InChI is InChI=1S/C17H20N6O3/c1-3-19-10(2)8-20-17(25)11-7-12(13-5-4-6-26-13)23-9-21-14(15(18)24)16(23)22-11/h4-7,9-10,19H,3,8H2,1-2H3,(H2,18,24)(H,20,25)/t10-/m1/s1. The van der Waals surface area contributed by atoms with E-state index in [1.165, 1.54) is 12.6 Å². The van der Waals surface area contributed by atoms with Crippen molar-refractivity contribution in [3.63, 3.8) is 0 Å². The Bertz CT molecular complexity index is 932. The lowest BCUT2D eigenvalue weighted by Crippen LogP contribution is -2.39. The van der Waals surface area contributed by atoms with Crippen LogP contribution < -0.4 is 16.4 Å². The van der Waals surface area contributed by atoms with Gasteiger partial charge in [0.15, 0.2) is 17.1 Å².